The van der Waals surface area contributed by atoms with E-state index in [0.717, 1.165) is 55.9 Å². The summed E-state index contributed by atoms with van der Waals surface area (Å²) < 4.78 is 2.13. The molecule has 0 bridgehead atoms. The summed E-state index contributed by atoms with van der Waals surface area (Å²) in [6, 6.07) is 8.92. The highest BCUT2D eigenvalue weighted by atomic mass is 35.5. The van der Waals surface area contributed by atoms with Crippen LogP contribution >= 0.6 is 24.8 Å². The van der Waals surface area contributed by atoms with Gasteiger partial charge in [-0.25, -0.2) is 4.98 Å². The number of imidazole rings is 1. The molecule has 7 heteroatoms. The summed E-state index contributed by atoms with van der Waals surface area (Å²) in [4.78, 5) is 16.1. The second kappa shape index (κ2) is 10.5. The van der Waals surface area contributed by atoms with Gasteiger partial charge in [0.25, 0.3) is 0 Å². The van der Waals surface area contributed by atoms with Gasteiger partial charge in [-0.1, -0.05) is 24.3 Å². The predicted molar refractivity (Wildman–Crippen MR) is 120 cm³/mol. The monoisotopic (exact) mass is 439 g/mol. The van der Waals surface area contributed by atoms with Gasteiger partial charge in [0.15, 0.2) is 0 Å². The fraction of sp³-hybridized carbons (Fsp3) is 0.545. The van der Waals surface area contributed by atoms with Gasteiger partial charge in [0.2, 0.25) is 0 Å². The molecule has 0 amide bonds. The third-order valence-electron chi connectivity index (χ3n) is 6.37. The molecule has 5 nitrogen and oxygen atoms in total. The van der Waals surface area contributed by atoms with Crippen molar-refractivity contribution in [3.63, 3.8) is 0 Å². The van der Waals surface area contributed by atoms with Crippen LogP contribution in [0.5, 0.6) is 0 Å². The number of hydrogen-bond donors (Lipinski definition) is 2. The van der Waals surface area contributed by atoms with Crippen LogP contribution in [0.2, 0.25) is 0 Å². The van der Waals surface area contributed by atoms with Crippen molar-refractivity contribution in [3.8, 4) is 11.3 Å². The number of carboxylic acids is 1. The number of aliphatic carboxylic acids is 1. The molecular weight excluding hydrogens is 409 g/mol. The molecule has 0 atom stereocenters. The lowest BCUT2D eigenvalue weighted by molar-refractivity contribution is -0.142. The Bertz CT molecular complexity index is 793. The van der Waals surface area contributed by atoms with Crippen molar-refractivity contribution in [2.24, 2.45) is 13.0 Å². The molecule has 2 heterocycles. The molecule has 0 radical (unpaired) electrons. The van der Waals surface area contributed by atoms with E-state index >= 15 is 0 Å². The first-order valence-corrected chi connectivity index (χ1v) is 10.2. The average Bonchev–Trinajstić information content (AvgIpc) is 3.10. The van der Waals surface area contributed by atoms with Gasteiger partial charge in [-0.15, -0.1) is 24.8 Å². The molecule has 1 saturated carbocycles. The Morgan fingerprint density at radius 2 is 1.62 bits per heavy atom. The Labute approximate surface area is 185 Å². The molecule has 1 aromatic heterocycles. The fourth-order valence-electron chi connectivity index (χ4n) is 4.68. The minimum Gasteiger partial charge on any atom is -0.481 e. The zero-order chi connectivity index (χ0) is 18.8. The SMILES string of the molecule is Cl.Cl.Cn1cc(-c2ccc(C3CCNCC3)cc2)nc1C1CCC(C(=O)O)CC1. The maximum atomic E-state index is 11.2. The molecule has 2 N–H and O–H groups in total. The number of carbonyl (C=O) groups is 1. The minimum atomic E-state index is -0.650. The first-order valence-electron chi connectivity index (χ1n) is 10.2. The normalized spacial score (nSPS) is 22.4. The molecule has 4 rings (SSSR count). The predicted octanol–water partition coefficient (Wildman–Crippen LogP) is 4.76. The number of piperidine rings is 1. The van der Waals surface area contributed by atoms with Crippen LogP contribution in [-0.2, 0) is 11.8 Å². The van der Waals surface area contributed by atoms with Crippen LogP contribution in [0, 0.1) is 5.92 Å². The Morgan fingerprint density at radius 1 is 1.00 bits per heavy atom. The number of hydrogen-bond acceptors (Lipinski definition) is 3. The van der Waals surface area contributed by atoms with Crippen molar-refractivity contribution < 1.29 is 9.90 Å². The minimum absolute atomic E-state index is 0. The second-order valence-corrected chi connectivity index (χ2v) is 8.13. The summed E-state index contributed by atoms with van der Waals surface area (Å²) in [5.41, 5.74) is 3.61. The summed E-state index contributed by atoms with van der Waals surface area (Å²) in [6.07, 6.45) is 7.88. The summed E-state index contributed by atoms with van der Waals surface area (Å²) in [5.74, 6) is 1.31. The summed E-state index contributed by atoms with van der Waals surface area (Å²) in [6.45, 7) is 2.22. The Balaban J connectivity index is 0.00000150. The van der Waals surface area contributed by atoms with Crippen LogP contribution in [0.1, 0.15) is 61.7 Å². The van der Waals surface area contributed by atoms with E-state index in [-0.39, 0.29) is 30.7 Å². The number of rotatable bonds is 4. The highest BCUT2D eigenvalue weighted by molar-refractivity contribution is 5.85. The summed E-state index contributed by atoms with van der Waals surface area (Å²) in [5, 5.41) is 12.6. The van der Waals surface area contributed by atoms with Gasteiger partial charge in [-0.2, -0.15) is 0 Å². The molecule has 0 spiro atoms. The topological polar surface area (TPSA) is 67.2 Å². The van der Waals surface area contributed by atoms with Crippen molar-refractivity contribution in [1.29, 1.82) is 0 Å². The highest BCUT2D eigenvalue weighted by Gasteiger charge is 2.29. The average molecular weight is 440 g/mol. The molecular formula is C22H31Cl2N3O2. The van der Waals surface area contributed by atoms with Gasteiger partial charge < -0.3 is 15.0 Å². The molecule has 1 saturated heterocycles. The zero-order valence-electron chi connectivity index (χ0n) is 16.8. The Hall–Kier alpha value is -1.56. The zero-order valence-corrected chi connectivity index (χ0v) is 18.5. The number of aryl methyl sites for hydroxylation is 1. The van der Waals surface area contributed by atoms with Crippen molar-refractivity contribution in [1.82, 2.24) is 14.9 Å². The van der Waals surface area contributed by atoms with Gasteiger partial charge in [0.05, 0.1) is 11.6 Å². The van der Waals surface area contributed by atoms with E-state index in [1.807, 2.05) is 0 Å². The molecule has 2 aliphatic rings. The van der Waals surface area contributed by atoms with Gasteiger partial charge in [0, 0.05) is 24.7 Å². The smallest absolute Gasteiger partial charge is 0.306 e. The maximum absolute atomic E-state index is 11.2. The number of benzene rings is 1. The number of nitrogens with one attached hydrogen (secondary N) is 1. The lowest BCUT2D eigenvalue weighted by Crippen LogP contribution is -2.26. The fourth-order valence-corrected chi connectivity index (χ4v) is 4.68. The third kappa shape index (κ3) is 5.33. The molecule has 2 fully saturated rings. The second-order valence-electron chi connectivity index (χ2n) is 8.13. The van der Waals surface area contributed by atoms with Crippen molar-refractivity contribution in [2.75, 3.05) is 13.1 Å². The van der Waals surface area contributed by atoms with Crippen LogP contribution in [0.4, 0.5) is 0 Å². The number of nitrogens with zero attached hydrogens (tertiary/aromatic N) is 2. The van der Waals surface area contributed by atoms with E-state index < -0.39 is 5.97 Å². The van der Waals surface area contributed by atoms with E-state index in [2.05, 4.69) is 47.4 Å². The summed E-state index contributed by atoms with van der Waals surface area (Å²) >= 11 is 0. The Morgan fingerprint density at radius 3 is 2.21 bits per heavy atom. The van der Waals surface area contributed by atoms with E-state index in [4.69, 9.17) is 4.98 Å². The lowest BCUT2D eigenvalue weighted by atomic mass is 9.81. The molecule has 160 valence electrons. The first-order chi connectivity index (χ1) is 13.1. The lowest BCUT2D eigenvalue weighted by Gasteiger charge is -2.25. The number of carboxylic acid groups (broad SMARTS) is 1. The largest absolute Gasteiger partial charge is 0.481 e. The molecule has 2 aromatic rings. The molecule has 29 heavy (non-hydrogen) atoms. The van der Waals surface area contributed by atoms with Crippen LogP contribution in [-0.4, -0.2) is 33.7 Å². The van der Waals surface area contributed by atoms with Gasteiger partial charge in [-0.05, 0) is 63.1 Å². The van der Waals surface area contributed by atoms with E-state index in [1.54, 1.807) is 0 Å². The highest BCUT2D eigenvalue weighted by Crippen LogP contribution is 2.36. The maximum Gasteiger partial charge on any atom is 0.306 e. The van der Waals surface area contributed by atoms with Crippen LogP contribution < -0.4 is 5.32 Å². The van der Waals surface area contributed by atoms with E-state index in [0.29, 0.717) is 11.8 Å². The van der Waals surface area contributed by atoms with E-state index in [1.165, 1.54) is 18.4 Å². The van der Waals surface area contributed by atoms with Crippen LogP contribution in [0.3, 0.4) is 0 Å². The Kier molecular flexibility index (Phi) is 8.56. The number of aromatic nitrogens is 2. The molecule has 1 aliphatic heterocycles. The summed E-state index contributed by atoms with van der Waals surface area (Å²) in [7, 11) is 2.05. The molecule has 1 aliphatic carbocycles. The molecule has 0 unspecified atom stereocenters. The third-order valence-corrected chi connectivity index (χ3v) is 6.37. The van der Waals surface area contributed by atoms with Crippen LogP contribution in [0.15, 0.2) is 30.5 Å². The first kappa shape index (κ1) is 23.7. The van der Waals surface area contributed by atoms with Gasteiger partial charge in [0.1, 0.15) is 5.82 Å². The van der Waals surface area contributed by atoms with Gasteiger partial charge >= 0.3 is 5.97 Å². The van der Waals surface area contributed by atoms with E-state index in [9.17, 15) is 9.90 Å². The van der Waals surface area contributed by atoms with Crippen molar-refractivity contribution >= 4 is 30.8 Å². The van der Waals surface area contributed by atoms with Crippen LogP contribution in [0.25, 0.3) is 11.3 Å². The van der Waals surface area contributed by atoms with Crippen molar-refractivity contribution in [2.45, 2.75) is 50.4 Å². The quantitative estimate of drug-likeness (QED) is 0.720. The van der Waals surface area contributed by atoms with Crippen molar-refractivity contribution in [3.05, 3.63) is 41.9 Å². The standard InChI is InChI=1S/C22H29N3O2.2ClH/c1-25-14-20(24-21(25)18-6-8-19(9-7-18)22(26)27)17-4-2-15(3-5-17)16-10-12-23-13-11-16;;/h2-5,14,16,18-19,23H,6-13H2,1H3,(H,26,27);2*1H. The van der Waals surface area contributed by atoms with Gasteiger partial charge in [-0.3, -0.25) is 4.79 Å². The molecule has 1 aromatic carbocycles. The number of halogens is 2.